The van der Waals surface area contributed by atoms with Crippen LogP contribution in [0.5, 0.6) is 11.5 Å². The van der Waals surface area contributed by atoms with Crippen molar-refractivity contribution in [3.8, 4) is 22.1 Å². The number of carbonyl (C=O) groups is 1. The number of hydrogen-bond donors (Lipinski definition) is 1. The van der Waals surface area contributed by atoms with Crippen LogP contribution in [0.4, 0.5) is 5.69 Å². The number of nitrogens with one attached hydrogen (secondary N) is 1. The van der Waals surface area contributed by atoms with Gasteiger partial charge in [0.25, 0.3) is 5.91 Å². The van der Waals surface area contributed by atoms with Crippen LogP contribution >= 0.6 is 11.3 Å². The lowest BCUT2D eigenvalue weighted by Gasteiger charge is -2.36. The van der Waals surface area contributed by atoms with E-state index in [-0.39, 0.29) is 5.91 Å². The zero-order valence-corrected chi connectivity index (χ0v) is 19.2. The molecule has 168 valence electrons. The van der Waals surface area contributed by atoms with Gasteiger partial charge in [-0.05, 0) is 30.3 Å². The second kappa shape index (κ2) is 10.5. The number of piperazine rings is 1. The van der Waals surface area contributed by atoms with Gasteiger partial charge in [0, 0.05) is 55.9 Å². The molecule has 1 aromatic heterocycles. The molecule has 3 aromatic rings. The van der Waals surface area contributed by atoms with Crippen molar-refractivity contribution >= 4 is 22.9 Å². The molecule has 2 heterocycles. The molecule has 0 bridgehead atoms. The second-order valence-corrected chi connectivity index (χ2v) is 8.39. The summed E-state index contributed by atoms with van der Waals surface area (Å²) in [5.74, 6) is 1.16. The average molecular weight is 453 g/mol. The fourth-order valence-corrected chi connectivity index (χ4v) is 4.56. The Kier molecular flexibility index (Phi) is 7.24. The first kappa shape index (κ1) is 22.1. The van der Waals surface area contributed by atoms with Gasteiger partial charge < -0.3 is 19.7 Å². The Balaban J connectivity index is 1.25. The van der Waals surface area contributed by atoms with E-state index in [2.05, 4.69) is 44.4 Å². The summed E-state index contributed by atoms with van der Waals surface area (Å²) in [6.45, 7) is 5.42. The van der Waals surface area contributed by atoms with Gasteiger partial charge in [-0.25, -0.2) is 4.98 Å². The molecular formula is C24H28N4O3S. The summed E-state index contributed by atoms with van der Waals surface area (Å²) in [6.07, 6.45) is 0. The van der Waals surface area contributed by atoms with Crippen LogP contribution in [0.2, 0.25) is 0 Å². The molecule has 8 heteroatoms. The minimum absolute atomic E-state index is 0.143. The lowest BCUT2D eigenvalue weighted by Crippen LogP contribution is -2.48. The summed E-state index contributed by atoms with van der Waals surface area (Å²) in [6, 6.07) is 16.1. The van der Waals surface area contributed by atoms with Crippen molar-refractivity contribution < 1.29 is 14.3 Å². The van der Waals surface area contributed by atoms with Crippen LogP contribution in [0, 0.1) is 0 Å². The Morgan fingerprint density at radius 1 is 1.03 bits per heavy atom. The van der Waals surface area contributed by atoms with E-state index in [1.165, 1.54) is 17.0 Å². The molecule has 1 aliphatic rings. The van der Waals surface area contributed by atoms with Crippen LogP contribution in [-0.2, 0) is 0 Å². The Labute approximate surface area is 192 Å². The molecule has 0 unspecified atom stereocenters. The summed E-state index contributed by atoms with van der Waals surface area (Å²) in [4.78, 5) is 21.9. The number of ether oxygens (including phenoxy) is 2. The molecule has 1 amide bonds. The van der Waals surface area contributed by atoms with Gasteiger partial charge in [0.1, 0.15) is 10.7 Å². The smallest absolute Gasteiger partial charge is 0.270 e. The van der Waals surface area contributed by atoms with Gasteiger partial charge in [0.05, 0.1) is 14.2 Å². The molecule has 0 spiro atoms. The Hall–Kier alpha value is -3.10. The van der Waals surface area contributed by atoms with E-state index in [1.54, 1.807) is 19.6 Å². The number of carbonyl (C=O) groups excluding carboxylic acids is 1. The van der Waals surface area contributed by atoms with E-state index in [9.17, 15) is 4.79 Å². The Morgan fingerprint density at radius 2 is 1.78 bits per heavy atom. The lowest BCUT2D eigenvalue weighted by atomic mass is 10.2. The number of aromatic nitrogens is 1. The van der Waals surface area contributed by atoms with Crippen molar-refractivity contribution in [2.75, 3.05) is 58.4 Å². The molecule has 0 aliphatic carbocycles. The molecule has 0 atom stereocenters. The van der Waals surface area contributed by atoms with Gasteiger partial charge in [0.2, 0.25) is 0 Å². The van der Waals surface area contributed by atoms with Crippen LogP contribution in [-0.4, -0.2) is 69.3 Å². The maximum absolute atomic E-state index is 12.6. The summed E-state index contributed by atoms with van der Waals surface area (Å²) in [5, 5.41) is 5.56. The number of rotatable bonds is 8. The van der Waals surface area contributed by atoms with E-state index in [4.69, 9.17) is 9.47 Å². The number of anilines is 1. The highest BCUT2D eigenvalue weighted by atomic mass is 32.1. The minimum atomic E-state index is -0.143. The molecule has 2 aromatic carbocycles. The summed E-state index contributed by atoms with van der Waals surface area (Å²) >= 11 is 1.44. The van der Waals surface area contributed by atoms with Crippen molar-refractivity contribution in [1.29, 1.82) is 0 Å². The van der Waals surface area contributed by atoms with Crippen molar-refractivity contribution in [3.05, 3.63) is 59.6 Å². The summed E-state index contributed by atoms with van der Waals surface area (Å²) in [5.41, 5.74) is 2.60. The number of methoxy groups -OCH3 is 2. The second-order valence-electron chi connectivity index (χ2n) is 7.53. The predicted molar refractivity (Wildman–Crippen MR) is 128 cm³/mol. The van der Waals surface area contributed by atoms with Gasteiger partial charge in [-0.1, -0.05) is 18.2 Å². The SMILES string of the molecule is COc1ccc(-c2nc(C(=O)NCCN3CCN(c4ccccc4)CC3)cs2)cc1OC. The molecule has 32 heavy (non-hydrogen) atoms. The highest BCUT2D eigenvalue weighted by Crippen LogP contribution is 2.33. The van der Waals surface area contributed by atoms with Crippen molar-refractivity contribution in [2.24, 2.45) is 0 Å². The molecule has 1 fully saturated rings. The Bertz CT molecular complexity index is 1030. The van der Waals surface area contributed by atoms with E-state index >= 15 is 0 Å². The molecule has 4 rings (SSSR count). The average Bonchev–Trinajstić information content (AvgIpc) is 3.35. The standard InChI is InChI=1S/C24H28N4O3S/c1-30-21-9-8-18(16-22(21)31-2)24-26-20(17-32-24)23(29)25-10-11-27-12-14-28(15-13-27)19-6-4-3-5-7-19/h3-9,16-17H,10-15H2,1-2H3,(H,25,29). The van der Waals surface area contributed by atoms with Crippen molar-refractivity contribution in [1.82, 2.24) is 15.2 Å². The van der Waals surface area contributed by atoms with Gasteiger partial charge >= 0.3 is 0 Å². The summed E-state index contributed by atoms with van der Waals surface area (Å²) in [7, 11) is 3.20. The third-order valence-electron chi connectivity index (χ3n) is 5.57. The fourth-order valence-electron chi connectivity index (χ4n) is 3.77. The maximum Gasteiger partial charge on any atom is 0.270 e. The Morgan fingerprint density at radius 3 is 2.50 bits per heavy atom. The third kappa shape index (κ3) is 5.20. The largest absolute Gasteiger partial charge is 0.493 e. The molecule has 1 saturated heterocycles. The van der Waals surface area contributed by atoms with Crippen molar-refractivity contribution in [3.63, 3.8) is 0 Å². The van der Waals surface area contributed by atoms with Gasteiger partial charge in [-0.15, -0.1) is 11.3 Å². The van der Waals surface area contributed by atoms with Gasteiger partial charge in [0.15, 0.2) is 11.5 Å². The number of amides is 1. The quantitative estimate of drug-likeness (QED) is 0.565. The van der Waals surface area contributed by atoms with Crippen LogP contribution in [0.3, 0.4) is 0 Å². The first-order valence-corrected chi connectivity index (χ1v) is 11.5. The van der Waals surface area contributed by atoms with Crippen LogP contribution in [0.1, 0.15) is 10.5 Å². The van der Waals surface area contributed by atoms with E-state index < -0.39 is 0 Å². The highest BCUT2D eigenvalue weighted by molar-refractivity contribution is 7.13. The van der Waals surface area contributed by atoms with Crippen LogP contribution in [0.15, 0.2) is 53.9 Å². The van der Waals surface area contributed by atoms with Crippen LogP contribution < -0.4 is 19.7 Å². The first-order valence-electron chi connectivity index (χ1n) is 10.7. The van der Waals surface area contributed by atoms with Crippen molar-refractivity contribution in [2.45, 2.75) is 0 Å². The van der Waals surface area contributed by atoms with Gasteiger partial charge in [-0.2, -0.15) is 0 Å². The monoisotopic (exact) mass is 452 g/mol. The molecule has 7 nitrogen and oxygen atoms in total. The number of thiazole rings is 1. The van der Waals surface area contributed by atoms with Crippen LogP contribution in [0.25, 0.3) is 10.6 Å². The van der Waals surface area contributed by atoms with E-state index in [1.807, 2.05) is 24.3 Å². The predicted octanol–water partition coefficient (Wildman–Crippen LogP) is 3.38. The molecule has 0 saturated carbocycles. The highest BCUT2D eigenvalue weighted by Gasteiger charge is 2.18. The third-order valence-corrected chi connectivity index (χ3v) is 6.47. The number of benzene rings is 2. The normalized spacial score (nSPS) is 14.2. The zero-order valence-electron chi connectivity index (χ0n) is 18.4. The minimum Gasteiger partial charge on any atom is -0.493 e. The molecular weight excluding hydrogens is 424 g/mol. The fraction of sp³-hybridized carbons (Fsp3) is 0.333. The number of nitrogens with zero attached hydrogens (tertiary/aromatic N) is 3. The van der Waals surface area contributed by atoms with Gasteiger partial charge in [-0.3, -0.25) is 9.69 Å². The van der Waals surface area contributed by atoms with E-state index in [0.717, 1.165) is 43.3 Å². The topological polar surface area (TPSA) is 66.9 Å². The number of hydrogen-bond acceptors (Lipinski definition) is 7. The first-order chi connectivity index (χ1) is 15.7. The molecule has 1 aliphatic heterocycles. The molecule has 0 radical (unpaired) electrons. The summed E-state index contributed by atoms with van der Waals surface area (Å²) < 4.78 is 10.6. The molecule has 1 N–H and O–H groups in total. The lowest BCUT2D eigenvalue weighted by molar-refractivity contribution is 0.0943. The maximum atomic E-state index is 12.6. The van der Waals surface area contributed by atoms with E-state index in [0.29, 0.717) is 23.7 Å². The zero-order chi connectivity index (χ0) is 22.3. The number of para-hydroxylation sites is 1.